The van der Waals surface area contributed by atoms with Crippen LogP contribution in [-0.2, 0) is 16.2 Å². The molecule has 0 unspecified atom stereocenters. The first-order chi connectivity index (χ1) is 9.22. The van der Waals surface area contributed by atoms with E-state index in [1.54, 1.807) is 12.1 Å². The fraction of sp³-hybridized carbons (Fsp3) is 0.438. The smallest absolute Gasteiger partial charge is 0.328 e. The standard InChI is InChI=1S/C16H23NO2/c1-3-4-5-6-10-13-16(18)19-17(2)14-15-11-8-7-9-12-15/h6-12H,3-5,13-14H2,1-2H3/b10-6+. The number of hydrogen-bond acceptors (Lipinski definition) is 3. The van der Waals surface area contributed by atoms with Gasteiger partial charge in [0.1, 0.15) is 0 Å². The van der Waals surface area contributed by atoms with Crippen molar-refractivity contribution < 1.29 is 9.63 Å². The lowest BCUT2D eigenvalue weighted by Crippen LogP contribution is -2.22. The van der Waals surface area contributed by atoms with Crippen molar-refractivity contribution in [3.05, 3.63) is 48.0 Å². The summed E-state index contributed by atoms with van der Waals surface area (Å²) in [5.41, 5.74) is 1.12. The molecule has 0 N–H and O–H groups in total. The van der Waals surface area contributed by atoms with Crippen LogP contribution in [0, 0.1) is 0 Å². The van der Waals surface area contributed by atoms with Gasteiger partial charge in [0.25, 0.3) is 0 Å². The second kappa shape index (κ2) is 9.34. The molecular formula is C16H23NO2. The van der Waals surface area contributed by atoms with Crippen LogP contribution in [0.1, 0.15) is 38.2 Å². The summed E-state index contributed by atoms with van der Waals surface area (Å²) in [4.78, 5) is 16.8. The summed E-state index contributed by atoms with van der Waals surface area (Å²) in [6, 6.07) is 9.93. The highest BCUT2D eigenvalue weighted by atomic mass is 16.7. The van der Waals surface area contributed by atoms with E-state index < -0.39 is 0 Å². The lowest BCUT2D eigenvalue weighted by atomic mass is 10.2. The zero-order valence-electron chi connectivity index (χ0n) is 11.8. The van der Waals surface area contributed by atoms with E-state index in [4.69, 9.17) is 4.84 Å². The molecule has 0 amide bonds. The lowest BCUT2D eigenvalue weighted by Gasteiger charge is -2.15. The van der Waals surface area contributed by atoms with Crippen LogP contribution in [0.25, 0.3) is 0 Å². The Morgan fingerprint density at radius 1 is 1.26 bits per heavy atom. The van der Waals surface area contributed by atoms with Gasteiger partial charge in [-0.15, -0.1) is 5.06 Å². The van der Waals surface area contributed by atoms with Gasteiger partial charge in [-0.25, -0.2) is 0 Å². The van der Waals surface area contributed by atoms with E-state index in [2.05, 4.69) is 6.92 Å². The van der Waals surface area contributed by atoms with E-state index in [0.717, 1.165) is 12.0 Å². The Morgan fingerprint density at radius 2 is 2.00 bits per heavy atom. The third-order valence-electron chi connectivity index (χ3n) is 2.68. The Balaban J connectivity index is 2.22. The fourth-order valence-electron chi connectivity index (χ4n) is 1.70. The number of hydroxylamine groups is 2. The number of unbranched alkanes of at least 4 members (excludes halogenated alkanes) is 2. The number of nitrogens with zero attached hydrogens (tertiary/aromatic N) is 1. The largest absolute Gasteiger partial charge is 0.368 e. The van der Waals surface area contributed by atoms with Crippen molar-refractivity contribution in [2.45, 2.75) is 39.2 Å². The van der Waals surface area contributed by atoms with Gasteiger partial charge in [0.05, 0.1) is 13.0 Å². The summed E-state index contributed by atoms with van der Waals surface area (Å²) in [5, 5.41) is 1.57. The number of benzene rings is 1. The van der Waals surface area contributed by atoms with E-state index >= 15 is 0 Å². The Labute approximate surface area is 115 Å². The van der Waals surface area contributed by atoms with Crippen LogP contribution in [0.2, 0.25) is 0 Å². The third kappa shape index (κ3) is 7.42. The maximum atomic E-state index is 11.6. The molecule has 19 heavy (non-hydrogen) atoms. The van der Waals surface area contributed by atoms with Crippen LogP contribution in [0.15, 0.2) is 42.5 Å². The predicted octanol–water partition coefficient (Wildman–Crippen LogP) is 3.71. The van der Waals surface area contributed by atoms with Gasteiger partial charge in [-0.2, -0.15) is 0 Å². The Morgan fingerprint density at radius 3 is 2.68 bits per heavy atom. The number of carbonyl (C=O) groups is 1. The lowest BCUT2D eigenvalue weighted by molar-refractivity contribution is -0.185. The van der Waals surface area contributed by atoms with Gasteiger partial charge in [0, 0.05) is 7.05 Å². The third-order valence-corrected chi connectivity index (χ3v) is 2.68. The molecule has 0 fully saturated rings. The molecule has 104 valence electrons. The maximum absolute atomic E-state index is 11.6. The molecule has 1 aromatic rings. The molecule has 0 radical (unpaired) electrons. The molecule has 0 bridgehead atoms. The summed E-state index contributed by atoms with van der Waals surface area (Å²) in [5.74, 6) is -0.217. The van der Waals surface area contributed by atoms with Gasteiger partial charge in [0.2, 0.25) is 0 Å². The molecule has 0 saturated carbocycles. The first kappa shape index (κ1) is 15.4. The van der Waals surface area contributed by atoms with Crippen molar-refractivity contribution in [2.75, 3.05) is 7.05 Å². The quantitative estimate of drug-likeness (QED) is 0.406. The minimum absolute atomic E-state index is 0.217. The van der Waals surface area contributed by atoms with Gasteiger partial charge in [0.15, 0.2) is 0 Å². The molecular weight excluding hydrogens is 238 g/mol. The normalized spacial score (nSPS) is 11.1. The number of allylic oxidation sites excluding steroid dienone is 1. The van der Waals surface area contributed by atoms with Crippen molar-refractivity contribution in [2.24, 2.45) is 0 Å². The van der Waals surface area contributed by atoms with Crippen LogP contribution in [0.4, 0.5) is 0 Å². The molecule has 3 nitrogen and oxygen atoms in total. The highest BCUT2D eigenvalue weighted by Crippen LogP contribution is 2.04. The van der Waals surface area contributed by atoms with Gasteiger partial charge in [-0.3, -0.25) is 4.79 Å². The first-order valence-corrected chi connectivity index (χ1v) is 6.83. The van der Waals surface area contributed by atoms with Crippen molar-refractivity contribution >= 4 is 5.97 Å². The summed E-state index contributed by atoms with van der Waals surface area (Å²) in [7, 11) is 1.77. The molecule has 0 aromatic heterocycles. The first-order valence-electron chi connectivity index (χ1n) is 6.83. The highest BCUT2D eigenvalue weighted by Gasteiger charge is 2.06. The van der Waals surface area contributed by atoms with Gasteiger partial charge < -0.3 is 4.84 Å². The maximum Gasteiger partial charge on any atom is 0.328 e. The molecule has 0 aliphatic heterocycles. The molecule has 1 aromatic carbocycles. The summed E-state index contributed by atoms with van der Waals surface area (Å²) in [6.07, 6.45) is 7.64. The molecule has 0 atom stereocenters. The molecule has 0 heterocycles. The Hall–Kier alpha value is -1.61. The van der Waals surface area contributed by atoms with Crippen LogP contribution in [0.5, 0.6) is 0 Å². The molecule has 0 saturated heterocycles. The van der Waals surface area contributed by atoms with Crippen LogP contribution >= 0.6 is 0 Å². The van der Waals surface area contributed by atoms with E-state index in [-0.39, 0.29) is 5.97 Å². The zero-order chi connectivity index (χ0) is 13.9. The molecule has 0 spiro atoms. The Bertz CT molecular complexity index is 387. The van der Waals surface area contributed by atoms with E-state index in [9.17, 15) is 4.79 Å². The topological polar surface area (TPSA) is 29.5 Å². The minimum Gasteiger partial charge on any atom is -0.368 e. The van der Waals surface area contributed by atoms with Crippen molar-refractivity contribution in [3.8, 4) is 0 Å². The van der Waals surface area contributed by atoms with E-state index in [1.165, 1.54) is 12.8 Å². The van der Waals surface area contributed by atoms with Gasteiger partial charge >= 0.3 is 5.97 Å². The van der Waals surface area contributed by atoms with E-state index in [0.29, 0.717) is 13.0 Å². The molecule has 1 rings (SSSR count). The second-order valence-corrected chi connectivity index (χ2v) is 4.55. The van der Waals surface area contributed by atoms with E-state index in [1.807, 2.05) is 42.5 Å². The van der Waals surface area contributed by atoms with Crippen molar-refractivity contribution in [1.29, 1.82) is 0 Å². The molecule has 0 aliphatic carbocycles. The predicted molar refractivity (Wildman–Crippen MR) is 77.3 cm³/mol. The van der Waals surface area contributed by atoms with Crippen LogP contribution < -0.4 is 0 Å². The minimum atomic E-state index is -0.217. The van der Waals surface area contributed by atoms with Crippen molar-refractivity contribution in [1.82, 2.24) is 5.06 Å². The Kier molecular flexibility index (Phi) is 7.59. The summed E-state index contributed by atoms with van der Waals surface area (Å²) in [6.45, 7) is 2.76. The molecule has 3 heteroatoms. The van der Waals surface area contributed by atoms with Crippen molar-refractivity contribution in [3.63, 3.8) is 0 Å². The monoisotopic (exact) mass is 261 g/mol. The summed E-state index contributed by atoms with van der Waals surface area (Å²) < 4.78 is 0. The number of carbonyl (C=O) groups excluding carboxylic acids is 1. The SMILES string of the molecule is CCCC/C=C/CC(=O)ON(C)Cc1ccccc1. The zero-order valence-corrected chi connectivity index (χ0v) is 11.8. The average Bonchev–Trinajstić information content (AvgIpc) is 2.39. The number of rotatable bonds is 8. The average molecular weight is 261 g/mol. The van der Waals surface area contributed by atoms with Gasteiger partial charge in [-0.05, 0) is 12.0 Å². The number of hydrogen-bond donors (Lipinski definition) is 0. The van der Waals surface area contributed by atoms with Gasteiger partial charge in [-0.1, -0.05) is 62.2 Å². The highest BCUT2D eigenvalue weighted by molar-refractivity contribution is 5.70. The summed E-state index contributed by atoms with van der Waals surface area (Å²) >= 11 is 0. The second-order valence-electron chi connectivity index (χ2n) is 4.55. The molecule has 0 aliphatic rings. The van der Waals surface area contributed by atoms with Crippen LogP contribution in [-0.4, -0.2) is 18.1 Å². The van der Waals surface area contributed by atoms with Crippen LogP contribution in [0.3, 0.4) is 0 Å². The fourth-order valence-corrected chi connectivity index (χ4v) is 1.70.